The minimum atomic E-state index is -4.51. The van der Waals surface area contributed by atoms with E-state index in [-0.39, 0.29) is 10.8 Å². The standard InChI is InChI=1S/C10H10F4N2S/c1-2-15-9(17)16-8-5-6(10(12,13)14)3-4-7(8)11/h3-5H,2H2,1H3,(H2,15,16,17). The first-order chi connectivity index (χ1) is 7.84. The summed E-state index contributed by atoms with van der Waals surface area (Å²) in [7, 11) is 0. The quantitative estimate of drug-likeness (QED) is 0.635. The first-order valence-corrected chi connectivity index (χ1v) is 5.17. The number of benzene rings is 1. The van der Waals surface area contributed by atoms with Gasteiger partial charge in [-0.15, -0.1) is 0 Å². The average Bonchev–Trinajstić information content (AvgIpc) is 2.20. The molecule has 94 valence electrons. The molecule has 0 heterocycles. The van der Waals surface area contributed by atoms with Gasteiger partial charge in [0.15, 0.2) is 5.11 Å². The van der Waals surface area contributed by atoms with Gasteiger partial charge in [0.2, 0.25) is 0 Å². The van der Waals surface area contributed by atoms with E-state index < -0.39 is 17.6 Å². The zero-order chi connectivity index (χ0) is 13.1. The molecule has 2 nitrogen and oxygen atoms in total. The average molecular weight is 266 g/mol. The molecule has 0 aromatic heterocycles. The fourth-order valence-corrected chi connectivity index (χ4v) is 1.38. The number of thiocarbonyl (C=S) groups is 1. The number of hydrogen-bond donors (Lipinski definition) is 2. The summed E-state index contributed by atoms with van der Waals surface area (Å²) >= 11 is 4.76. The molecule has 0 aliphatic rings. The van der Waals surface area contributed by atoms with Gasteiger partial charge in [-0.2, -0.15) is 13.2 Å². The van der Waals surface area contributed by atoms with Crippen LogP contribution in [0.3, 0.4) is 0 Å². The zero-order valence-electron chi connectivity index (χ0n) is 8.86. The Morgan fingerprint density at radius 2 is 2.00 bits per heavy atom. The summed E-state index contributed by atoms with van der Waals surface area (Å²) in [6.45, 7) is 2.25. The molecule has 0 unspecified atom stereocenters. The van der Waals surface area contributed by atoms with Crippen LogP contribution in [0.25, 0.3) is 0 Å². The third-order valence-electron chi connectivity index (χ3n) is 1.88. The van der Waals surface area contributed by atoms with Crippen molar-refractivity contribution in [3.63, 3.8) is 0 Å². The van der Waals surface area contributed by atoms with Crippen molar-refractivity contribution in [2.24, 2.45) is 0 Å². The molecule has 0 saturated heterocycles. The van der Waals surface area contributed by atoms with Crippen molar-refractivity contribution in [2.75, 3.05) is 11.9 Å². The van der Waals surface area contributed by atoms with Crippen LogP contribution in [-0.4, -0.2) is 11.7 Å². The summed E-state index contributed by atoms with van der Waals surface area (Å²) in [5.74, 6) is -0.793. The van der Waals surface area contributed by atoms with E-state index in [1.807, 2.05) is 0 Å². The Balaban J connectivity index is 2.95. The van der Waals surface area contributed by atoms with Crippen LogP contribution < -0.4 is 10.6 Å². The number of hydrogen-bond acceptors (Lipinski definition) is 1. The Kier molecular flexibility index (Phi) is 4.28. The van der Waals surface area contributed by atoms with Gasteiger partial charge in [-0.05, 0) is 37.3 Å². The number of anilines is 1. The van der Waals surface area contributed by atoms with Gasteiger partial charge in [0.1, 0.15) is 5.82 Å². The van der Waals surface area contributed by atoms with Crippen molar-refractivity contribution in [3.8, 4) is 0 Å². The first-order valence-electron chi connectivity index (χ1n) is 4.76. The Labute approximate surface area is 101 Å². The van der Waals surface area contributed by atoms with E-state index in [9.17, 15) is 17.6 Å². The van der Waals surface area contributed by atoms with Crippen LogP contribution in [-0.2, 0) is 6.18 Å². The highest BCUT2D eigenvalue weighted by atomic mass is 32.1. The number of alkyl halides is 3. The van der Waals surface area contributed by atoms with Crippen molar-refractivity contribution in [2.45, 2.75) is 13.1 Å². The lowest BCUT2D eigenvalue weighted by Gasteiger charge is -2.12. The van der Waals surface area contributed by atoms with Gasteiger partial charge in [-0.3, -0.25) is 0 Å². The van der Waals surface area contributed by atoms with E-state index in [1.165, 1.54) is 0 Å². The maximum absolute atomic E-state index is 13.2. The molecule has 0 aliphatic carbocycles. The lowest BCUT2D eigenvalue weighted by atomic mass is 10.2. The summed E-state index contributed by atoms with van der Waals surface area (Å²) in [4.78, 5) is 0. The molecule has 0 fully saturated rings. The van der Waals surface area contributed by atoms with Gasteiger partial charge in [-0.25, -0.2) is 4.39 Å². The highest BCUT2D eigenvalue weighted by molar-refractivity contribution is 7.80. The van der Waals surface area contributed by atoms with Crippen LogP contribution in [0.1, 0.15) is 12.5 Å². The highest BCUT2D eigenvalue weighted by Gasteiger charge is 2.31. The van der Waals surface area contributed by atoms with Crippen molar-refractivity contribution < 1.29 is 17.6 Å². The minimum absolute atomic E-state index is 0.0747. The molecule has 0 amide bonds. The predicted octanol–water partition coefficient (Wildman–Crippen LogP) is 3.15. The summed E-state index contributed by atoms with van der Waals surface area (Å²) in [5.41, 5.74) is -1.23. The van der Waals surface area contributed by atoms with Crippen LogP contribution in [0.5, 0.6) is 0 Å². The van der Waals surface area contributed by atoms with Gasteiger partial charge in [0.25, 0.3) is 0 Å². The molecule has 2 N–H and O–H groups in total. The summed E-state index contributed by atoms with van der Waals surface area (Å²) in [6.07, 6.45) is -4.51. The third kappa shape index (κ3) is 3.85. The van der Waals surface area contributed by atoms with E-state index in [1.54, 1.807) is 6.92 Å². The van der Waals surface area contributed by atoms with E-state index in [4.69, 9.17) is 12.2 Å². The van der Waals surface area contributed by atoms with E-state index in [2.05, 4.69) is 10.6 Å². The van der Waals surface area contributed by atoms with Gasteiger partial charge in [0, 0.05) is 6.54 Å². The molecule has 0 atom stereocenters. The normalized spacial score (nSPS) is 11.1. The van der Waals surface area contributed by atoms with Crippen molar-refractivity contribution in [1.29, 1.82) is 0 Å². The summed E-state index contributed by atoms with van der Waals surface area (Å²) in [6, 6.07) is 2.11. The van der Waals surface area contributed by atoms with E-state index in [0.29, 0.717) is 18.7 Å². The minimum Gasteiger partial charge on any atom is -0.363 e. The topological polar surface area (TPSA) is 24.1 Å². The molecule has 7 heteroatoms. The van der Waals surface area contributed by atoms with Crippen LogP contribution in [0.15, 0.2) is 18.2 Å². The molecule has 0 radical (unpaired) electrons. The van der Waals surface area contributed by atoms with Crippen LogP contribution >= 0.6 is 12.2 Å². The maximum atomic E-state index is 13.2. The molecule has 0 aliphatic heterocycles. The van der Waals surface area contributed by atoms with Crippen LogP contribution in [0.2, 0.25) is 0 Å². The molecule has 0 bridgehead atoms. The molecule has 17 heavy (non-hydrogen) atoms. The number of rotatable bonds is 2. The SMILES string of the molecule is CCNC(=S)Nc1cc(C(F)(F)F)ccc1F. The van der Waals surface area contributed by atoms with Gasteiger partial charge in [0.05, 0.1) is 11.3 Å². The second-order valence-corrected chi connectivity index (χ2v) is 3.59. The van der Waals surface area contributed by atoms with E-state index >= 15 is 0 Å². The molecule has 0 spiro atoms. The number of nitrogens with one attached hydrogen (secondary N) is 2. The van der Waals surface area contributed by atoms with Crippen LogP contribution in [0, 0.1) is 5.82 Å². The van der Waals surface area contributed by atoms with Gasteiger partial charge in [-0.1, -0.05) is 0 Å². The molecular weight excluding hydrogens is 256 g/mol. The Bertz CT molecular complexity index is 417. The summed E-state index contributed by atoms with van der Waals surface area (Å²) < 4.78 is 50.4. The smallest absolute Gasteiger partial charge is 0.363 e. The number of halogens is 4. The molecular formula is C10H10F4N2S. The second-order valence-electron chi connectivity index (χ2n) is 3.18. The van der Waals surface area contributed by atoms with Crippen LogP contribution in [0.4, 0.5) is 23.2 Å². The first kappa shape index (κ1) is 13.7. The molecule has 1 aromatic carbocycles. The van der Waals surface area contributed by atoms with E-state index in [0.717, 1.165) is 6.07 Å². The lowest BCUT2D eigenvalue weighted by molar-refractivity contribution is -0.137. The van der Waals surface area contributed by atoms with Crippen molar-refractivity contribution in [1.82, 2.24) is 5.32 Å². The van der Waals surface area contributed by atoms with Crippen molar-refractivity contribution in [3.05, 3.63) is 29.6 Å². The zero-order valence-corrected chi connectivity index (χ0v) is 9.68. The Hall–Kier alpha value is -1.37. The molecule has 1 rings (SSSR count). The fraction of sp³-hybridized carbons (Fsp3) is 0.300. The summed E-state index contributed by atoms with van der Waals surface area (Å²) in [5, 5.41) is 5.10. The molecule has 1 aromatic rings. The monoisotopic (exact) mass is 266 g/mol. The largest absolute Gasteiger partial charge is 0.416 e. The predicted molar refractivity (Wildman–Crippen MR) is 61.3 cm³/mol. The third-order valence-corrected chi connectivity index (χ3v) is 2.13. The lowest BCUT2D eigenvalue weighted by Crippen LogP contribution is -2.28. The van der Waals surface area contributed by atoms with Gasteiger partial charge < -0.3 is 10.6 Å². The van der Waals surface area contributed by atoms with Gasteiger partial charge >= 0.3 is 6.18 Å². The molecule has 0 saturated carbocycles. The van der Waals surface area contributed by atoms with Crippen molar-refractivity contribution >= 4 is 23.0 Å². The Morgan fingerprint density at radius 3 is 2.53 bits per heavy atom. The maximum Gasteiger partial charge on any atom is 0.416 e. The second kappa shape index (κ2) is 5.31. The fourth-order valence-electron chi connectivity index (χ4n) is 1.12. The Morgan fingerprint density at radius 1 is 1.35 bits per heavy atom. The highest BCUT2D eigenvalue weighted by Crippen LogP contribution is 2.31.